The fourth-order valence-corrected chi connectivity index (χ4v) is 1.85. The number of nitrogens with one attached hydrogen (secondary N) is 1. The summed E-state index contributed by atoms with van der Waals surface area (Å²) in [4.78, 5) is 0. The molecule has 0 aliphatic carbocycles. The van der Waals surface area contributed by atoms with E-state index in [1.54, 1.807) is 7.11 Å². The van der Waals surface area contributed by atoms with Crippen molar-refractivity contribution in [1.82, 2.24) is 5.32 Å². The highest BCUT2D eigenvalue weighted by Gasteiger charge is 2.10. The molecular formula is C15H25NO2. The van der Waals surface area contributed by atoms with Crippen molar-refractivity contribution in [1.29, 1.82) is 0 Å². The van der Waals surface area contributed by atoms with Crippen molar-refractivity contribution in [2.75, 3.05) is 33.5 Å². The van der Waals surface area contributed by atoms with Crippen LogP contribution in [0.2, 0.25) is 0 Å². The van der Waals surface area contributed by atoms with Crippen LogP contribution >= 0.6 is 0 Å². The minimum atomic E-state index is 0.262. The summed E-state index contributed by atoms with van der Waals surface area (Å²) < 4.78 is 10.6. The van der Waals surface area contributed by atoms with E-state index in [0.29, 0.717) is 19.8 Å². The number of hydrogen-bond acceptors (Lipinski definition) is 3. The molecular weight excluding hydrogens is 226 g/mol. The van der Waals surface area contributed by atoms with Gasteiger partial charge in [-0.05, 0) is 24.1 Å². The van der Waals surface area contributed by atoms with Crippen molar-refractivity contribution >= 4 is 0 Å². The zero-order valence-corrected chi connectivity index (χ0v) is 11.7. The molecule has 3 heteroatoms. The van der Waals surface area contributed by atoms with E-state index in [9.17, 15) is 0 Å². The topological polar surface area (TPSA) is 30.5 Å². The lowest BCUT2D eigenvalue weighted by Crippen LogP contribution is -2.26. The second-order valence-corrected chi connectivity index (χ2v) is 4.27. The van der Waals surface area contributed by atoms with E-state index in [2.05, 4.69) is 43.4 Å². The minimum absolute atomic E-state index is 0.262. The molecule has 0 aromatic heterocycles. The number of benzene rings is 1. The van der Waals surface area contributed by atoms with Crippen LogP contribution in [0, 0.1) is 0 Å². The van der Waals surface area contributed by atoms with Crippen LogP contribution in [0.4, 0.5) is 0 Å². The molecule has 1 atom stereocenters. The first kappa shape index (κ1) is 15.2. The van der Waals surface area contributed by atoms with E-state index in [1.807, 2.05) is 0 Å². The summed E-state index contributed by atoms with van der Waals surface area (Å²) in [5.41, 5.74) is 2.65. The number of ether oxygens (including phenoxy) is 2. The average molecular weight is 251 g/mol. The minimum Gasteiger partial charge on any atom is -0.382 e. The van der Waals surface area contributed by atoms with E-state index in [-0.39, 0.29) is 6.04 Å². The van der Waals surface area contributed by atoms with E-state index < -0.39 is 0 Å². The second kappa shape index (κ2) is 9.09. The molecule has 0 saturated heterocycles. The predicted octanol–water partition coefficient (Wildman–Crippen LogP) is 2.56. The highest BCUT2D eigenvalue weighted by atomic mass is 16.5. The van der Waals surface area contributed by atoms with Crippen LogP contribution in [0.5, 0.6) is 0 Å². The molecule has 1 rings (SSSR count). The molecule has 3 nitrogen and oxygen atoms in total. The molecule has 0 radical (unpaired) electrons. The normalized spacial score (nSPS) is 12.6. The van der Waals surface area contributed by atoms with Crippen LogP contribution in [0.3, 0.4) is 0 Å². The van der Waals surface area contributed by atoms with Gasteiger partial charge in [-0.3, -0.25) is 0 Å². The molecule has 0 aliphatic rings. The van der Waals surface area contributed by atoms with E-state index in [1.165, 1.54) is 11.1 Å². The van der Waals surface area contributed by atoms with Gasteiger partial charge >= 0.3 is 0 Å². The molecule has 1 N–H and O–H groups in total. The van der Waals surface area contributed by atoms with Crippen molar-refractivity contribution < 1.29 is 9.47 Å². The zero-order valence-electron chi connectivity index (χ0n) is 11.7. The Bertz CT molecular complexity index is 311. The first-order chi connectivity index (χ1) is 8.81. The number of likely N-dealkylation sites (N-methyl/N-ethyl adjacent to an activating group) is 1. The maximum atomic E-state index is 5.61. The molecule has 0 fully saturated rings. The largest absolute Gasteiger partial charge is 0.382 e. The van der Waals surface area contributed by atoms with Crippen LogP contribution in [-0.2, 0) is 15.9 Å². The van der Waals surface area contributed by atoms with Gasteiger partial charge in [0.25, 0.3) is 0 Å². The van der Waals surface area contributed by atoms with Crippen molar-refractivity contribution in [3.63, 3.8) is 0 Å². The SMILES string of the molecule is CCNC(COCCOC)c1ccc(CC)cc1. The first-order valence-corrected chi connectivity index (χ1v) is 6.70. The average Bonchev–Trinajstić information content (AvgIpc) is 2.42. The summed E-state index contributed by atoms with van der Waals surface area (Å²) >= 11 is 0. The van der Waals surface area contributed by atoms with Crippen molar-refractivity contribution in [2.24, 2.45) is 0 Å². The number of methoxy groups -OCH3 is 1. The van der Waals surface area contributed by atoms with Gasteiger partial charge in [-0.15, -0.1) is 0 Å². The maximum Gasteiger partial charge on any atom is 0.0701 e. The van der Waals surface area contributed by atoms with Crippen LogP contribution in [0.1, 0.15) is 31.0 Å². The molecule has 0 heterocycles. The third-order valence-electron chi connectivity index (χ3n) is 2.96. The molecule has 102 valence electrons. The molecule has 0 spiro atoms. The molecule has 0 saturated carbocycles. The summed E-state index contributed by atoms with van der Waals surface area (Å²) in [5.74, 6) is 0. The summed E-state index contributed by atoms with van der Waals surface area (Å²) in [7, 11) is 1.69. The van der Waals surface area contributed by atoms with Crippen LogP contribution in [-0.4, -0.2) is 33.5 Å². The molecule has 0 aliphatic heterocycles. The Morgan fingerprint density at radius 3 is 2.39 bits per heavy atom. The molecule has 0 bridgehead atoms. The van der Waals surface area contributed by atoms with Gasteiger partial charge in [0.05, 0.1) is 25.9 Å². The number of aryl methyl sites for hydroxylation is 1. The fraction of sp³-hybridized carbons (Fsp3) is 0.600. The lowest BCUT2D eigenvalue weighted by molar-refractivity contribution is 0.0588. The summed E-state index contributed by atoms with van der Waals surface area (Å²) in [5, 5.41) is 3.45. The van der Waals surface area contributed by atoms with Gasteiger partial charge in [-0.1, -0.05) is 38.1 Å². The van der Waals surface area contributed by atoms with Crippen LogP contribution in [0.25, 0.3) is 0 Å². The first-order valence-electron chi connectivity index (χ1n) is 6.70. The summed E-state index contributed by atoms with van der Waals surface area (Å²) in [6.07, 6.45) is 1.08. The Labute approximate surface area is 110 Å². The Kier molecular flexibility index (Phi) is 7.65. The predicted molar refractivity (Wildman–Crippen MR) is 74.9 cm³/mol. The van der Waals surface area contributed by atoms with Gasteiger partial charge in [0, 0.05) is 7.11 Å². The van der Waals surface area contributed by atoms with Gasteiger partial charge in [-0.25, -0.2) is 0 Å². The number of rotatable bonds is 9. The molecule has 18 heavy (non-hydrogen) atoms. The highest BCUT2D eigenvalue weighted by molar-refractivity contribution is 5.25. The smallest absolute Gasteiger partial charge is 0.0701 e. The van der Waals surface area contributed by atoms with E-state index >= 15 is 0 Å². The van der Waals surface area contributed by atoms with Gasteiger partial charge in [0.2, 0.25) is 0 Å². The van der Waals surface area contributed by atoms with Crippen LogP contribution in [0.15, 0.2) is 24.3 Å². The monoisotopic (exact) mass is 251 g/mol. The third-order valence-corrected chi connectivity index (χ3v) is 2.96. The molecule has 1 aromatic rings. The molecule has 1 aromatic carbocycles. The zero-order chi connectivity index (χ0) is 13.2. The number of hydrogen-bond donors (Lipinski definition) is 1. The van der Waals surface area contributed by atoms with E-state index in [4.69, 9.17) is 9.47 Å². The Morgan fingerprint density at radius 1 is 1.11 bits per heavy atom. The maximum absolute atomic E-state index is 5.61. The highest BCUT2D eigenvalue weighted by Crippen LogP contribution is 2.14. The Balaban J connectivity index is 2.53. The lowest BCUT2D eigenvalue weighted by Gasteiger charge is -2.18. The standard InChI is InChI=1S/C15H25NO2/c1-4-13-6-8-14(9-7-13)15(16-5-2)12-18-11-10-17-3/h6-9,15-16H,4-5,10-12H2,1-3H3. The van der Waals surface area contributed by atoms with Crippen molar-refractivity contribution in [3.05, 3.63) is 35.4 Å². The Hall–Kier alpha value is -0.900. The quantitative estimate of drug-likeness (QED) is 0.684. The molecule has 1 unspecified atom stereocenters. The fourth-order valence-electron chi connectivity index (χ4n) is 1.85. The summed E-state index contributed by atoms with van der Waals surface area (Å²) in [6.45, 7) is 7.20. The van der Waals surface area contributed by atoms with Gasteiger partial charge in [0.1, 0.15) is 0 Å². The lowest BCUT2D eigenvalue weighted by atomic mass is 10.0. The van der Waals surface area contributed by atoms with Gasteiger partial charge < -0.3 is 14.8 Å². The van der Waals surface area contributed by atoms with Gasteiger partial charge in [-0.2, -0.15) is 0 Å². The van der Waals surface area contributed by atoms with E-state index in [0.717, 1.165) is 13.0 Å². The Morgan fingerprint density at radius 2 is 1.83 bits per heavy atom. The van der Waals surface area contributed by atoms with Crippen molar-refractivity contribution in [3.8, 4) is 0 Å². The van der Waals surface area contributed by atoms with Crippen LogP contribution < -0.4 is 5.32 Å². The van der Waals surface area contributed by atoms with Crippen molar-refractivity contribution in [2.45, 2.75) is 26.3 Å². The summed E-state index contributed by atoms with van der Waals surface area (Å²) in [6, 6.07) is 9.01. The van der Waals surface area contributed by atoms with Gasteiger partial charge in [0.15, 0.2) is 0 Å². The third kappa shape index (κ3) is 5.17. The second-order valence-electron chi connectivity index (χ2n) is 4.27. The molecule has 0 amide bonds.